The molecule has 5 nitrogen and oxygen atoms in total. The second-order valence-electron chi connectivity index (χ2n) is 8.41. The number of hydrogen-bond donors (Lipinski definition) is 1. The van der Waals surface area contributed by atoms with Crippen molar-refractivity contribution in [2.45, 2.75) is 51.9 Å². The van der Waals surface area contributed by atoms with E-state index in [0.717, 1.165) is 75.4 Å². The minimum atomic E-state index is -0.0512. The van der Waals surface area contributed by atoms with Crippen molar-refractivity contribution in [1.82, 2.24) is 9.80 Å². The molecule has 142 valence electrons. The third-order valence-electron chi connectivity index (χ3n) is 5.35. The Bertz CT molecular complexity index is 691. The van der Waals surface area contributed by atoms with Crippen LogP contribution in [0.1, 0.15) is 61.5 Å². The molecule has 2 heterocycles. The minimum Gasteiger partial charge on any atom is -0.507 e. The number of nitrogens with zero attached hydrogens (tertiary/aromatic N) is 3. The fourth-order valence-electron chi connectivity index (χ4n) is 3.81. The summed E-state index contributed by atoms with van der Waals surface area (Å²) < 4.78 is 0. The lowest BCUT2D eigenvalue weighted by Gasteiger charge is -2.41. The van der Waals surface area contributed by atoms with Crippen molar-refractivity contribution in [3.8, 4) is 5.75 Å². The summed E-state index contributed by atoms with van der Waals surface area (Å²) in [7, 11) is 0. The lowest BCUT2D eigenvalue weighted by molar-refractivity contribution is 0.112. The third-order valence-corrected chi connectivity index (χ3v) is 5.35. The third kappa shape index (κ3) is 4.02. The average Bonchev–Trinajstić information content (AvgIpc) is 2.62. The Morgan fingerprint density at radius 2 is 1.96 bits per heavy atom. The Kier molecular flexibility index (Phi) is 5.54. The van der Waals surface area contributed by atoms with E-state index in [1.807, 2.05) is 6.07 Å². The molecule has 3 rings (SSSR count). The van der Waals surface area contributed by atoms with Crippen LogP contribution in [0.15, 0.2) is 17.1 Å². The van der Waals surface area contributed by atoms with Crippen molar-refractivity contribution < 1.29 is 9.90 Å². The molecule has 1 N–H and O–H groups in total. The first kappa shape index (κ1) is 18.7. The van der Waals surface area contributed by atoms with Gasteiger partial charge in [0.25, 0.3) is 0 Å². The molecule has 1 aromatic rings. The molecule has 0 aromatic heterocycles. The van der Waals surface area contributed by atoms with Crippen LogP contribution in [0.2, 0.25) is 0 Å². The van der Waals surface area contributed by atoms with Crippen LogP contribution in [0, 0.1) is 0 Å². The van der Waals surface area contributed by atoms with Gasteiger partial charge in [-0.1, -0.05) is 26.8 Å². The van der Waals surface area contributed by atoms with Crippen LogP contribution >= 0.6 is 0 Å². The van der Waals surface area contributed by atoms with Gasteiger partial charge in [-0.3, -0.25) is 9.79 Å². The molecule has 0 unspecified atom stereocenters. The summed E-state index contributed by atoms with van der Waals surface area (Å²) >= 11 is 0. The quantitative estimate of drug-likeness (QED) is 0.822. The number of aryl methyl sites for hydroxylation is 1. The van der Waals surface area contributed by atoms with E-state index in [0.29, 0.717) is 5.56 Å². The minimum absolute atomic E-state index is 0.0512. The molecule has 2 aliphatic heterocycles. The van der Waals surface area contributed by atoms with Crippen molar-refractivity contribution >= 4 is 12.2 Å². The lowest BCUT2D eigenvalue weighted by atomic mass is 9.84. The number of carbonyl (C=O) groups excluding carboxylic acids is 1. The molecule has 0 radical (unpaired) electrons. The normalized spacial score (nSPS) is 17.7. The van der Waals surface area contributed by atoms with Gasteiger partial charge in [-0.25, -0.2) is 0 Å². The maximum atomic E-state index is 11.3. The monoisotopic (exact) mass is 357 g/mol. The number of carbonyl (C=O) groups is 1. The van der Waals surface area contributed by atoms with E-state index in [2.05, 4.69) is 36.6 Å². The Hall–Kier alpha value is -2.04. The predicted octanol–water partition coefficient (Wildman–Crippen LogP) is 3.20. The zero-order valence-electron chi connectivity index (χ0n) is 16.3. The number of fused-ring (bicyclic) bond motifs is 1. The van der Waals surface area contributed by atoms with Crippen molar-refractivity contribution in [3.63, 3.8) is 0 Å². The Balaban J connectivity index is 1.69. The first-order valence-electron chi connectivity index (χ1n) is 9.76. The molecule has 26 heavy (non-hydrogen) atoms. The van der Waals surface area contributed by atoms with E-state index < -0.39 is 0 Å². The Morgan fingerprint density at radius 1 is 1.19 bits per heavy atom. The highest BCUT2D eigenvalue weighted by Gasteiger charge is 2.25. The van der Waals surface area contributed by atoms with Gasteiger partial charge in [-0.2, -0.15) is 0 Å². The predicted molar refractivity (Wildman–Crippen MR) is 105 cm³/mol. The van der Waals surface area contributed by atoms with E-state index in [4.69, 9.17) is 4.99 Å². The maximum Gasteiger partial charge on any atom is 0.196 e. The molecule has 0 atom stereocenters. The molecule has 2 aliphatic rings. The second kappa shape index (κ2) is 7.68. The maximum absolute atomic E-state index is 11.3. The van der Waals surface area contributed by atoms with Gasteiger partial charge in [0.2, 0.25) is 0 Å². The number of guanidine groups is 1. The van der Waals surface area contributed by atoms with Gasteiger partial charge in [-0.15, -0.1) is 0 Å². The number of hydrogen-bond acceptors (Lipinski definition) is 5. The van der Waals surface area contributed by atoms with Gasteiger partial charge in [0, 0.05) is 32.7 Å². The Labute approximate surface area is 156 Å². The summed E-state index contributed by atoms with van der Waals surface area (Å²) in [6.45, 7) is 11.5. The molecule has 0 saturated carbocycles. The van der Waals surface area contributed by atoms with E-state index in [9.17, 15) is 9.90 Å². The molecule has 0 amide bonds. The first-order valence-corrected chi connectivity index (χ1v) is 9.76. The highest BCUT2D eigenvalue weighted by Crippen LogP contribution is 2.31. The van der Waals surface area contributed by atoms with Gasteiger partial charge >= 0.3 is 0 Å². The number of rotatable bonds is 5. The van der Waals surface area contributed by atoms with Crippen LogP contribution < -0.4 is 0 Å². The van der Waals surface area contributed by atoms with Crippen molar-refractivity contribution in [2.24, 2.45) is 4.99 Å². The van der Waals surface area contributed by atoms with Crippen molar-refractivity contribution in [3.05, 3.63) is 28.8 Å². The molecule has 0 aliphatic carbocycles. The van der Waals surface area contributed by atoms with Crippen LogP contribution in [-0.2, 0) is 11.8 Å². The number of aromatic hydroxyl groups is 1. The fraction of sp³-hybridized carbons (Fsp3) is 0.619. The molecule has 1 fully saturated rings. The summed E-state index contributed by atoms with van der Waals surface area (Å²) in [5.74, 6) is 1.30. The van der Waals surface area contributed by atoms with Crippen LogP contribution in [-0.4, -0.2) is 59.9 Å². The van der Waals surface area contributed by atoms with Gasteiger partial charge in [0.15, 0.2) is 12.2 Å². The fourth-order valence-corrected chi connectivity index (χ4v) is 3.81. The van der Waals surface area contributed by atoms with Crippen LogP contribution in [0.25, 0.3) is 0 Å². The van der Waals surface area contributed by atoms with Gasteiger partial charge in [0.1, 0.15) is 5.75 Å². The largest absolute Gasteiger partial charge is 0.507 e. The van der Waals surface area contributed by atoms with E-state index in [1.165, 1.54) is 6.42 Å². The second-order valence-corrected chi connectivity index (χ2v) is 8.41. The zero-order chi connectivity index (χ0) is 18.7. The molecule has 1 saturated heterocycles. The molecule has 0 bridgehead atoms. The van der Waals surface area contributed by atoms with Crippen LogP contribution in [0.3, 0.4) is 0 Å². The zero-order valence-corrected chi connectivity index (χ0v) is 16.3. The summed E-state index contributed by atoms with van der Waals surface area (Å²) in [6.07, 6.45) is 4.79. The topological polar surface area (TPSA) is 56.1 Å². The Morgan fingerprint density at radius 3 is 2.69 bits per heavy atom. The first-order chi connectivity index (χ1) is 12.4. The van der Waals surface area contributed by atoms with Crippen molar-refractivity contribution in [1.29, 1.82) is 0 Å². The lowest BCUT2D eigenvalue weighted by Crippen LogP contribution is -2.52. The highest BCUT2D eigenvalue weighted by molar-refractivity contribution is 5.81. The van der Waals surface area contributed by atoms with E-state index in [1.54, 1.807) is 0 Å². The van der Waals surface area contributed by atoms with Gasteiger partial charge in [0.05, 0.1) is 5.56 Å². The summed E-state index contributed by atoms with van der Waals surface area (Å²) in [6, 6.07) is 3.87. The number of benzene rings is 1. The summed E-state index contributed by atoms with van der Waals surface area (Å²) in [5.41, 5.74) is 2.31. The SMILES string of the molecule is CC(C)(C)c1cc(C=O)c(O)c(CCCN2CCCN3CCCN=C32)c1. The number of phenols is 1. The van der Waals surface area contributed by atoms with Crippen LogP contribution in [0.4, 0.5) is 0 Å². The molecular weight excluding hydrogens is 326 g/mol. The van der Waals surface area contributed by atoms with E-state index >= 15 is 0 Å². The van der Waals surface area contributed by atoms with E-state index in [-0.39, 0.29) is 11.2 Å². The number of aldehydes is 1. The molecular formula is C21H31N3O2. The van der Waals surface area contributed by atoms with Crippen LogP contribution in [0.5, 0.6) is 5.75 Å². The smallest absolute Gasteiger partial charge is 0.196 e. The highest BCUT2D eigenvalue weighted by atomic mass is 16.3. The summed E-state index contributed by atoms with van der Waals surface area (Å²) in [5, 5.41) is 10.4. The standard InChI is InChI=1S/C21H31N3O2/c1-21(2,3)18-13-16(19(26)17(14-18)15-25)7-4-9-23-11-6-12-24-10-5-8-22-20(23)24/h13-15,26H,4-12H2,1-3H3. The number of aliphatic imine (C=N–C) groups is 1. The van der Waals surface area contributed by atoms with Crippen molar-refractivity contribution in [2.75, 3.05) is 32.7 Å². The number of phenolic OH excluding ortho intramolecular Hbond substituents is 1. The average molecular weight is 357 g/mol. The van der Waals surface area contributed by atoms with Gasteiger partial charge < -0.3 is 14.9 Å². The van der Waals surface area contributed by atoms with Gasteiger partial charge in [-0.05, 0) is 48.3 Å². The molecule has 0 spiro atoms. The molecule has 1 aromatic carbocycles. The molecule has 5 heteroatoms. The summed E-state index contributed by atoms with van der Waals surface area (Å²) in [4.78, 5) is 20.9.